The highest BCUT2D eigenvalue weighted by molar-refractivity contribution is 5.84. The summed E-state index contributed by atoms with van der Waals surface area (Å²) in [5.41, 5.74) is -1.66. The minimum Gasteiger partial charge on any atom is -0.381 e. The fourth-order valence-electron chi connectivity index (χ4n) is 1.66. The van der Waals surface area contributed by atoms with Crippen LogP contribution in [0.5, 0.6) is 0 Å². The lowest BCUT2D eigenvalue weighted by molar-refractivity contribution is -0.224. The van der Waals surface area contributed by atoms with Gasteiger partial charge in [-0.1, -0.05) is 0 Å². The third-order valence-electron chi connectivity index (χ3n) is 2.33. The van der Waals surface area contributed by atoms with Gasteiger partial charge in [0, 0.05) is 6.54 Å². The Morgan fingerprint density at radius 3 is 2.41 bits per heavy atom. The van der Waals surface area contributed by atoms with Crippen LogP contribution in [0.15, 0.2) is 0 Å². The molecule has 1 amide bonds. The van der Waals surface area contributed by atoms with Crippen molar-refractivity contribution in [2.24, 2.45) is 0 Å². The van der Waals surface area contributed by atoms with Crippen molar-refractivity contribution < 1.29 is 19.4 Å². The van der Waals surface area contributed by atoms with Crippen LogP contribution in [-0.4, -0.2) is 53.1 Å². The van der Waals surface area contributed by atoms with E-state index in [4.69, 9.17) is 9.47 Å². The predicted molar refractivity (Wildman–Crippen MR) is 63.5 cm³/mol. The maximum atomic E-state index is 11.9. The van der Waals surface area contributed by atoms with E-state index in [1.165, 1.54) is 13.8 Å². The van der Waals surface area contributed by atoms with Crippen LogP contribution >= 0.6 is 0 Å². The number of nitrogens with zero attached hydrogens (tertiary/aromatic N) is 1. The Labute approximate surface area is 103 Å². The molecule has 1 heterocycles. The van der Waals surface area contributed by atoms with Crippen LogP contribution in [0.2, 0.25) is 0 Å². The molecule has 100 valence electrons. The van der Waals surface area contributed by atoms with Crippen molar-refractivity contribution in [3.8, 4) is 0 Å². The Morgan fingerprint density at radius 1 is 1.35 bits per heavy atom. The van der Waals surface area contributed by atoms with E-state index >= 15 is 0 Å². The van der Waals surface area contributed by atoms with Crippen molar-refractivity contribution >= 4 is 5.91 Å². The summed E-state index contributed by atoms with van der Waals surface area (Å²) in [6, 6.07) is 0. The number of carbonyl (C=O) groups excluding carboxylic acids is 1. The van der Waals surface area contributed by atoms with Crippen LogP contribution in [-0.2, 0) is 14.3 Å². The highest BCUT2D eigenvalue weighted by Crippen LogP contribution is 2.17. The Bertz CT molecular complexity index is 277. The van der Waals surface area contributed by atoms with Crippen molar-refractivity contribution in [3.05, 3.63) is 0 Å². The number of ether oxygens (including phenoxy) is 2. The largest absolute Gasteiger partial charge is 0.381 e. The number of carbonyl (C=O) groups is 1. The topological polar surface area (TPSA) is 59.0 Å². The summed E-state index contributed by atoms with van der Waals surface area (Å²) in [6.07, 6.45) is -0.421. The van der Waals surface area contributed by atoms with E-state index in [-0.39, 0.29) is 11.5 Å². The van der Waals surface area contributed by atoms with Gasteiger partial charge >= 0.3 is 0 Å². The molecule has 0 bridgehead atoms. The van der Waals surface area contributed by atoms with Crippen molar-refractivity contribution in [2.45, 2.75) is 52.1 Å². The molecule has 1 aliphatic rings. The first kappa shape index (κ1) is 14.4. The van der Waals surface area contributed by atoms with Crippen LogP contribution < -0.4 is 0 Å². The molecule has 1 N–H and O–H groups in total. The highest BCUT2D eigenvalue weighted by atomic mass is 16.7. The summed E-state index contributed by atoms with van der Waals surface area (Å²) in [4.78, 5) is 13.5. The molecule has 1 atom stereocenters. The molecular formula is C12H23NO4. The summed E-state index contributed by atoms with van der Waals surface area (Å²) >= 11 is 0. The summed E-state index contributed by atoms with van der Waals surface area (Å²) in [7, 11) is 0. The number of amides is 1. The Hall–Kier alpha value is -0.650. The van der Waals surface area contributed by atoms with Crippen molar-refractivity contribution in [3.63, 3.8) is 0 Å². The molecule has 0 aromatic rings. The Kier molecular flexibility index (Phi) is 4.17. The first-order chi connectivity index (χ1) is 7.59. The van der Waals surface area contributed by atoms with Crippen molar-refractivity contribution in [1.82, 2.24) is 4.90 Å². The van der Waals surface area contributed by atoms with Crippen molar-refractivity contribution in [2.75, 3.05) is 19.7 Å². The lowest BCUT2D eigenvalue weighted by atomic mass is 10.1. The molecule has 0 aromatic heterocycles. The molecule has 1 fully saturated rings. The zero-order valence-corrected chi connectivity index (χ0v) is 11.3. The molecule has 5 heteroatoms. The first-order valence-electron chi connectivity index (χ1n) is 5.91. The third-order valence-corrected chi connectivity index (χ3v) is 2.33. The van der Waals surface area contributed by atoms with Crippen LogP contribution in [0, 0.1) is 0 Å². The monoisotopic (exact) mass is 245 g/mol. The lowest BCUT2D eigenvalue weighted by Gasteiger charge is -2.38. The SMILES string of the molecule is CC(C)(C)O[C@H]1CN(C(=O)C(C)(C)O)CCO1. The van der Waals surface area contributed by atoms with Gasteiger partial charge in [-0.3, -0.25) is 4.79 Å². The molecule has 0 radical (unpaired) electrons. The molecule has 0 unspecified atom stereocenters. The number of rotatable bonds is 2. The van der Waals surface area contributed by atoms with Crippen LogP contribution in [0.4, 0.5) is 0 Å². The maximum absolute atomic E-state index is 11.9. The molecule has 0 spiro atoms. The van der Waals surface area contributed by atoms with Gasteiger partial charge < -0.3 is 19.5 Å². The summed E-state index contributed by atoms with van der Waals surface area (Å²) in [5.74, 6) is -0.289. The normalized spacial score (nSPS) is 22.7. The molecular weight excluding hydrogens is 222 g/mol. The molecule has 0 aliphatic carbocycles. The van der Waals surface area contributed by atoms with Gasteiger partial charge in [0.1, 0.15) is 5.60 Å². The van der Waals surface area contributed by atoms with E-state index in [1.807, 2.05) is 20.8 Å². The second kappa shape index (κ2) is 4.92. The summed E-state index contributed by atoms with van der Waals surface area (Å²) in [5, 5.41) is 9.68. The highest BCUT2D eigenvalue weighted by Gasteiger charge is 2.34. The maximum Gasteiger partial charge on any atom is 0.254 e. The van der Waals surface area contributed by atoms with Gasteiger partial charge in [0.25, 0.3) is 5.91 Å². The zero-order chi connectivity index (χ0) is 13.3. The van der Waals surface area contributed by atoms with E-state index in [0.717, 1.165) is 0 Å². The zero-order valence-electron chi connectivity index (χ0n) is 11.3. The fourth-order valence-corrected chi connectivity index (χ4v) is 1.66. The summed E-state index contributed by atoms with van der Waals surface area (Å²) in [6.45, 7) is 10.1. The number of hydrogen-bond donors (Lipinski definition) is 1. The Morgan fingerprint density at radius 2 is 1.94 bits per heavy atom. The molecule has 0 saturated carbocycles. The molecule has 1 saturated heterocycles. The molecule has 1 aliphatic heterocycles. The minimum atomic E-state index is -1.34. The van der Waals surface area contributed by atoms with E-state index in [1.54, 1.807) is 4.90 Å². The van der Waals surface area contributed by atoms with Gasteiger partial charge in [-0.2, -0.15) is 0 Å². The van der Waals surface area contributed by atoms with Gasteiger partial charge in [-0.15, -0.1) is 0 Å². The third kappa shape index (κ3) is 4.61. The standard InChI is InChI=1S/C12H23NO4/c1-11(2,3)17-9-8-13(6-7-16-9)10(14)12(4,5)15/h9,15H,6-8H2,1-5H3/t9-/m0/s1. The summed E-state index contributed by atoms with van der Waals surface area (Å²) < 4.78 is 11.1. The van der Waals surface area contributed by atoms with Gasteiger partial charge in [-0.25, -0.2) is 0 Å². The smallest absolute Gasteiger partial charge is 0.254 e. The lowest BCUT2D eigenvalue weighted by Crippen LogP contribution is -2.53. The molecule has 1 rings (SSSR count). The van der Waals surface area contributed by atoms with Gasteiger partial charge in [0.15, 0.2) is 6.29 Å². The minimum absolute atomic E-state index is 0.289. The number of hydrogen-bond acceptors (Lipinski definition) is 4. The van der Waals surface area contributed by atoms with E-state index in [0.29, 0.717) is 19.7 Å². The predicted octanol–water partition coefficient (Wildman–Crippen LogP) is 0.757. The number of morpholine rings is 1. The quantitative estimate of drug-likeness (QED) is 0.780. The average Bonchev–Trinajstić information content (AvgIpc) is 2.12. The number of aliphatic hydroxyl groups is 1. The van der Waals surface area contributed by atoms with E-state index < -0.39 is 11.9 Å². The second-order valence-corrected chi connectivity index (χ2v) is 5.84. The van der Waals surface area contributed by atoms with E-state index in [9.17, 15) is 9.90 Å². The van der Waals surface area contributed by atoms with E-state index in [2.05, 4.69) is 0 Å². The first-order valence-corrected chi connectivity index (χ1v) is 5.91. The average molecular weight is 245 g/mol. The Balaban J connectivity index is 2.58. The van der Waals surface area contributed by atoms with Gasteiger partial charge in [0.05, 0.1) is 18.8 Å². The molecule has 0 aromatic carbocycles. The van der Waals surface area contributed by atoms with Crippen LogP contribution in [0.25, 0.3) is 0 Å². The van der Waals surface area contributed by atoms with Crippen LogP contribution in [0.1, 0.15) is 34.6 Å². The molecule has 5 nitrogen and oxygen atoms in total. The van der Waals surface area contributed by atoms with Gasteiger partial charge in [-0.05, 0) is 34.6 Å². The van der Waals surface area contributed by atoms with Gasteiger partial charge in [0.2, 0.25) is 0 Å². The van der Waals surface area contributed by atoms with Crippen LogP contribution in [0.3, 0.4) is 0 Å². The second-order valence-electron chi connectivity index (χ2n) is 5.84. The fraction of sp³-hybridized carbons (Fsp3) is 0.917. The van der Waals surface area contributed by atoms with Crippen molar-refractivity contribution in [1.29, 1.82) is 0 Å². The molecule has 17 heavy (non-hydrogen) atoms.